The number of rotatable bonds is 5. The lowest BCUT2D eigenvalue weighted by Gasteiger charge is -2.23. The van der Waals surface area contributed by atoms with E-state index in [9.17, 15) is 13.6 Å². The third-order valence-electron chi connectivity index (χ3n) is 4.01. The Balaban J connectivity index is 1.86. The van der Waals surface area contributed by atoms with Crippen molar-refractivity contribution in [2.45, 2.75) is 25.6 Å². The number of aliphatic carboxylic acids is 1. The van der Waals surface area contributed by atoms with Gasteiger partial charge in [0.15, 0.2) is 6.29 Å². The Morgan fingerprint density at radius 1 is 1.08 bits per heavy atom. The summed E-state index contributed by atoms with van der Waals surface area (Å²) in [6.45, 7) is 0.666. The van der Waals surface area contributed by atoms with Crippen LogP contribution in [0, 0.1) is 11.6 Å². The van der Waals surface area contributed by atoms with Crippen molar-refractivity contribution in [1.82, 2.24) is 0 Å². The Morgan fingerprint density at radius 3 is 2.35 bits per heavy atom. The zero-order valence-corrected chi connectivity index (χ0v) is 14.0. The van der Waals surface area contributed by atoms with Crippen LogP contribution in [0.5, 0.6) is 5.75 Å². The highest BCUT2D eigenvalue weighted by Crippen LogP contribution is 2.27. The molecule has 3 rings (SSSR count). The summed E-state index contributed by atoms with van der Waals surface area (Å²) in [5.41, 5.74) is 0.861. The molecule has 0 radical (unpaired) electrons. The van der Waals surface area contributed by atoms with Gasteiger partial charge >= 0.3 is 5.97 Å². The first-order chi connectivity index (χ1) is 12.5. The van der Waals surface area contributed by atoms with E-state index >= 15 is 0 Å². The monoisotopic (exact) mass is 360 g/mol. The first kappa shape index (κ1) is 18.1. The summed E-state index contributed by atoms with van der Waals surface area (Å²) in [5, 5.41) is 9.11. The van der Waals surface area contributed by atoms with Crippen molar-refractivity contribution in [2.75, 3.05) is 6.61 Å². The molecule has 0 spiro atoms. The van der Waals surface area contributed by atoms with E-state index in [2.05, 4.69) is 0 Å². The van der Waals surface area contributed by atoms with Gasteiger partial charge in [0.25, 0.3) is 0 Å². The molecule has 2 aromatic rings. The molecule has 1 saturated heterocycles. The fourth-order valence-corrected chi connectivity index (χ4v) is 2.84. The molecule has 4 nitrogen and oxygen atoms in total. The van der Waals surface area contributed by atoms with Crippen LogP contribution < -0.4 is 4.74 Å². The van der Waals surface area contributed by atoms with Crippen molar-refractivity contribution in [3.8, 4) is 5.75 Å². The highest BCUT2D eigenvalue weighted by molar-refractivity contribution is 5.95. The van der Waals surface area contributed by atoms with Gasteiger partial charge in [-0.05, 0) is 53.8 Å². The third kappa shape index (κ3) is 4.67. The van der Waals surface area contributed by atoms with Gasteiger partial charge < -0.3 is 14.6 Å². The molecule has 1 aliphatic heterocycles. The minimum Gasteiger partial charge on any atom is -0.478 e. The molecule has 26 heavy (non-hydrogen) atoms. The van der Waals surface area contributed by atoms with Gasteiger partial charge in [0, 0.05) is 18.6 Å². The van der Waals surface area contributed by atoms with Crippen molar-refractivity contribution >= 4 is 11.5 Å². The molecule has 1 atom stereocenters. The van der Waals surface area contributed by atoms with Crippen LogP contribution in [-0.4, -0.2) is 24.0 Å². The number of carbonyl (C=O) groups is 1. The molecule has 2 aromatic carbocycles. The van der Waals surface area contributed by atoms with E-state index in [0.29, 0.717) is 17.9 Å². The van der Waals surface area contributed by atoms with Crippen LogP contribution in [0.4, 0.5) is 8.78 Å². The second-order valence-corrected chi connectivity index (χ2v) is 5.99. The summed E-state index contributed by atoms with van der Waals surface area (Å²) in [4.78, 5) is 11.2. The zero-order chi connectivity index (χ0) is 18.5. The number of benzene rings is 2. The standard InChI is InChI=1S/C20H18F2O4/c21-15-9-14(10-16(22)11-15)18(12-19(23)24)13-4-6-17(7-5-13)26-20-3-1-2-8-25-20/h4-7,9-12,20H,1-3,8H2,(H,23,24)/b18-12+. The molecule has 0 aromatic heterocycles. The first-order valence-electron chi connectivity index (χ1n) is 8.31. The van der Waals surface area contributed by atoms with Gasteiger partial charge in [-0.2, -0.15) is 0 Å². The summed E-state index contributed by atoms with van der Waals surface area (Å²) < 4.78 is 38.3. The molecule has 6 heteroatoms. The zero-order valence-electron chi connectivity index (χ0n) is 14.0. The molecule has 0 saturated carbocycles. The minimum absolute atomic E-state index is 0.147. The molecule has 1 fully saturated rings. The van der Waals surface area contributed by atoms with Crippen molar-refractivity contribution < 1.29 is 28.2 Å². The Kier molecular flexibility index (Phi) is 5.63. The summed E-state index contributed by atoms with van der Waals surface area (Å²) in [7, 11) is 0. The second kappa shape index (κ2) is 8.10. The second-order valence-electron chi connectivity index (χ2n) is 5.99. The van der Waals surface area contributed by atoms with Gasteiger partial charge in [-0.1, -0.05) is 12.1 Å². The number of carboxylic acids is 1. The predicted molar refractivity (Wildman–Crippen MR) is 91.7 cm³/mol. The van der Waals surface area contributed by atoms with E-state index in [0.717, 1.165) is 43.5 Å². The average Bonchev–Trinajstić information content (AvgIpc) is 2.60. The highest BCUT2D eigenvalue weighted by atomic mass is 19.1. The van der Waals surface area contributed by atoms with Gasteiger partial charge in [-0.15, -0.1) is 0 Å². The maximum Gasteiger partial charge on any atom is 0.328 e. The normalized spacial score (nSPS) is 17.8. The number of hydrogen-bond donors (Lipinski definition) is 1. The lowest BCUT2D eigenvalue weighted by Crippen LogP contribution is -2.24. The van der Waals surface area contributed by atoms with Crippen molar-refractivity contribution in [2.24, 2.45) is 0 Å². The average molecular weight is 360 g/mol. The summed E-state index contributed by atoms with van der Waals surface area (Å²) in [5.74, 6) is -2.17. The Morgan fingerprint density at radius 2 is 1.77 bits per heavy atom. The van der Waals surface area contributed by atoms with Crippen molar-refractivity contribution in [1.29, 1.82) is 0 Å². The molecular formula is C20H18F2O4. The molecule has 1 heterocycles. The lowest BCUT2D eigenvalue weighted by molar-refractivity contribution is -0.131. The van der Waals surface area contributed by atoms with Gasteiger partial charge in [0.1, 0.15) is 17.4 Å². The number of halogens is 2. The quantitative estimate of drug-likeness (QED) is 0.804. The van der Waals surface area contributed by atoms with Crippen LogP contribution in [0.3, 0.4) is 0 Å². The van der Waals surface area contributed by atoms with Crippen LogP contribution in [0.15, 0.2) is 48.5 Å². The van der Waals surface area contributed by atoms with E-state index in [1.54, 1.807) is 24.3 Å². The Labute approximate surface area is 149 Å². The van der Waals surface area contributed by atoms with Gasteiger partial charge in [-0.3, -0.25) is 0 Å². The molecule has 1 N–H and O–H groups in total. The molecule has 1 unspecified atom stereocenters. The number of ether oxygens (including phenoxy) is 2. The third-order valence-corrected chi connectivity index (χ3v) is 4.01. The van der Waals surface area contributed by atoms with E-state index in [-0.39, 0.29) is 17.4 Å². The van der Waals surface area contributed by atoms with Gasteiger partial charge in [0.2, 0.25) is 0 Å². The van der Waals surface area contributed by atoms with Crippen molar-refractivity contribution in [3.63, 3.8) is 0 Å². The summed E-state index contributed by atoms with van der Waals surface area (Å²) >= 11 is 0. The Hall–Kier alpha value is -2.73. The molecule has 136 valence electrons. The maximum atomic E-state index is 13.5. The number of hydrogen-bond acceptors (Lipinski definition) is 3. The fourth-order valence-electron chi connectivity index (χ4n) is 2.84. The Bertz CT molecular complexity index is 789. The van der Waals surface area contributed by atoms with E-state index in [1.807, 2.05) is 0 Å². The fraction of sp³-hybridized carbons (Fsp3) is 0.250. The smallest absolute Gasteiger partial charge is 0.328 e. The highest BCUT2D eigenvalue weighted by Gasteiger charge is 2.16. The summed E-state index contributed by atoms with van der Waals surface area (Å²) in [6.07, 6.45) is 3.51. The SMILES string of the molecule is O=C(O)/C=C(\c1ccc(OC2CCCCO2)cc1)c1cc(F)cc(F)c1. The van der Waals surface area contributed by atoms with Gasteiger partial charge in [-0.25, -0.2) is 13.6 Å². The molecular weight excluding hydrogens is 342 g/mol. The summed E-state index contributed by atoms with van der Waals surface area (Å²) in [6, 6.07) is 9.59. The van der Waals surface area contributed by atoms with Crippen LogP contribution >= 0.6 is 0 Å². The van der Waals surface area contributed by atoms with Gasteiger partial charge in [0.05, 0.1) is 6.61 Å². The van der Waals surface area contributed by atoms with Crippen molar-refractivity contribution in [3.05, 3.63) is 71.3 Å². The lowest BCUT2D eigenvalue weighted by atomic mass is 9.97. The molecule has 0 aliphatic carbocycles. The van der Waals surface area contributed by atoms with E-state index in [4.69, 9.17) is 14.6 Å². The van der Waals surface area contributed by atoms with E-state index < -0.39 is 17.6 Å². The van der Waals surface area contributed by atoms with Crippen LogP contribution in [-0.2, 0) is 9.53 Å². The molecule has 0 amide bonds. The minimum atomic E-state index is -1.21. The topological polar surface area (TPSA) is 55.8 Å². The largest absolute Gasteiger partial charge is 0.478 e. The maximum absolute atomic E-state index is 13.5. The van der Waals surface area contributed by atoms with Crippen LogP contribution in [0.2, 0.25) is 0 Å². The molecule has 0 bridgehead atoms. The molecule has 1 aliphatic rings. The van der Waals surface area contributed by atoms with E-state index in [1.165, 1.54) is 0 Å². The first-order valence-corrected chi connectivity index (χ1v) is 8.31. The van der Waals surface area contributed by atoms with Crippen LogP contribution in [0.25, 0.3) is 5.57 Å². The van der Waals surface area contributed by atoms with Crippen LogP contribution in [0.1, 0.15) is 30.4 Å². The number of carboxylic acid groups (broad SMARTS) is 1. The predicted octanol–water partition coefficient (Wildman–Crippen LogP) is 4.39.